The van der Waals surface area contributed by atoms with Crippen molar-refractivity contribution in [2.75, 3.05) is 0 Å². The van der Waals surface area contributed by atoms with Crippen molar-refractivity contribution in [2.45, 2.75) is 64.2 Å². The second-order valence-electron chi connectivity index (χ2n) is 22.4. The van der Waals surface area contributed by atoms with Crippen LogP contribution < -0.4 is 0 Å². The molecule has 0 bridgehead atoms. The summed E-state index contributed by atoms with van der Waals surface area (Å²) in [6, 6.07) is 68.9. The zero-order chi connectivity index (χ0) is 48.2. The molecule has 0 saturated heterocycles. The topological polar surface area (TPSA) is 0 Å². The van der Waals surface area contributed by atoms with Crippen LogP contribution in [0.2, 0.25) is 0 Å². The molecular weight excluding hydrogens is 889 g/mol. The Balaban J connectivity index is 0.0000000924. The Morgan fingerprint density at radius 3 is 0.973 bits per heavy atom. The molecule has 0 atom stereocenters. The van der Waals surface area contributed by atoms with Gasteiger partial charge < -0.3 is 0 Å². The first-order chi connectivity index (χ1) is 36.6. The van der Waals surface area contributed by atoms with Gasteiger partial charge in [-0.1, -0.05) is 158 Å². The SMILES string of the molecule is C1=CC2=C(CC1)c1ccc3c(c1C2)Cc1ccccc1-3.c1ccc2c(c1)Cc1cc3c(cc1-2)-c1cc2c(cc1C3)Cc1ccccc1-2.c1ccc2c(c1)Cc1cc3c(cc1-2)Cc1cc2c(cc1-3)Cc1ccccc1-2. The van der Waals surface area contributed by atoms with Crippen LogP contribution in [0.1, 0.15) is 102 Å². The third kappa shape index (κ3) is 6.09. The van der Waals surface area contributed by atoms with Gasteiger partial charge in [-0.3, -0.25) is 0 Å². The fraction of sp³-hybridized carbons (Fsp3) is 0.135. The Morgan fingerprint density at radius 2 is 0.527 bits per heavy atom. The standard InChI is InChI=1S/2C27H18.C20H16/c1-3-7-22-16(5-1)9-18-14-26-20(12-24(18)22)11-21-13-25-19(15-27(21)26)10-17-6-2-4-8-23(17)25;1-3-7-22-16(5-1)9-18-11-20-13-21-12-19-10-17-6-2-4-8-23(17)25(19)15-27(21)26(20)14-24(18)22;1-3-7-15-13(5-1)11-19-17(15)9-10-18-16-8-4-2-6-14(16)12-20(18)19/h1-8,12-15H,9-11H2;1-8,11-12,14-15H,9-10,13H2;1-3,5-7,9-10H,4,8,11-12H2. The lowest BCUT2D eigenvalue weighted by atomic mass is 9.94. The summed E-state index contributed by atoms with van der Waals surface area (Å²) in [7, 11) is 0. The molecule has 0 heterocycles. The first-order valence-electron chi connectivity index (χ1n) is 27.2. The molecule has 0 radical (unpaired) electrons. The summed E-state index contributed by atoms with van der Waals surface area (Å²) in [5.74, 6) is 0. The summed E-state index contributed by atoms with van der Waals surface area (Å²) < 4.78 is 0. The van der Waals surface area contributed by atoms with Crippen LogP contribution in [-0.4, -0.2) is 0 Å². The van der Waals surface area contributed by atoms with E-state index in [1.807, 2.05) is 0 Å². The zero-order valence-corrected chi connectivity index (χ0v) is 41.5. The van der Waals surface area contributed by atoms with Gasteiger partial charge >= 0.3 is 0 Å². The van der Waals surface area contributed by atoms with Crippen molar-refractivity contribution in [1.82, 2.24) is 0 Å². The third-order valence-corrected chi connectivity index (χ3v) is 18.5. The number of hydrogen-bond acceptors (Lipinski definition) is 0. The first-order valence-corrected chi connectivity index (χ1v) is 27.2. The molecule has 0 spiro atoms. The van der Waals surface area contributed by atoms with E-state index in [0.29, 0.717) is 0 Å². The predicted molar refractivity (Wildman–Crippen MR) is 306 cm³/mol. The first kappa shape index (κ1) is 41.2. The van der Waals surface area contributed by atoms with Crippen LogP contribution in [0, 0.1) is 0 Å². The lowest BCUT2D eigenvalue weighted by molar-refractivity contribution is 1.04. The van der Waals surface area contributed by atoms with Gasteiger partial charge in [0.15, 0.2) is 0 Å². The van der Waals surface area contributed by atoms with Gasteiger partial charge in [-0.15, -0.1) is 0 Å². The molecule has 10 aromatic rings. The number of fused-ring (bicyclic) bond motifs is 24. The van der Waals surface area contributed by atoms with Crippen LogP contribution >= 0.6 is 0 Å². The molecule has 0 N–H and O–H groups in total. The molecule has 74 heavy (non-hydrogen) atoms. The molecule has 0 aromatic heterocycles. The molecule has 348 valence electrons. The van der Waals surface area contributed by atoms with Crippen LogP contribution in [0.4, 0.5) is 0 Å². The summed E-state index contributed by atoms with van der Waals surface area (Å²) >= 11 is 0. The summed E-state index contributed by atoms with van der Waals surface area (Å²) in [5.41, 5.74) is 47.6. The van der Waals surface area contributed by atoms with E-state index in [1.165, 1.54) is 169 Å². The number of rotatable bonds is 0. The van der Waals surface area contributed by atoms with E-state index in [4.69, 9.17) is 0 Å². The molecule has 0 amide bonds. The van der Waals surface area contributed by atoms with E-state index < -0.39 is 0 Å². The zero-order valence-electron chi connectivity index (χ0n) is 41.5. The van der Waals surface area contributed by atoms with Gasteiger partial charge in [-0.05, 0) is 279 Å². The fourth-order valence-corrected chi connectivity index (χ4v) is 15.1. The van der Waals surface area contributed by atoms with Crippen LogP contribution in [0.15, 0.2) is 200 Å². The van der Waals surface area contributed by atoms with Crippen molar-refractivity contribution in [3.05, 3.63) is 289 Å². The minimum atomic E-state index is 1.07. The normalized spacial score (nSPS) is 15.2. The van der Waals surface area contributed by atoms with Crippen molar-refractivity contribution in [1.29, 1.82) is 0 Å². The molecule has 9 aliphatic carbocycles. The number of allylic oxidation sites excluding steroid dienone is 4. The Kier molecular flexibility index (Phi) is 8.68. The van der Waals surface area contributed by atoms with Crippen molar-refractivity contribution < 1.29 is 0 Å². The molecular formula is C74H52. The highest BCUT2D eigenvalue weighted by atomic mass is 14.4. The Morgan fingerprint density at radius 1 is 0.216 bits per heavy atom. The average molecular weight is 941 g/mol. The highest BCUT2D eigenvalue weighted by Crippen LogP contribution is 2.51. The smallest absolute Gasteiger partial charge is 0.00104 e. The molecule has 0 unspecified atom stereocenters. The summed E-state index contributed by atoms with van der Waals surface area (Å²) in [5, 5.41) is 0. The molecule has 10 aromatic carbocycles. The maximum Gasteiger partial charge on any atom is -0.00104 e. The largest absolute Gasteiger partial charge is 0.0839 e. The van der Waals surface area contributed by atoms with Gasteiger partial charge in [-0.25, -0.2) is 0 Å². The van der Waals surface area contributed by atoms with Crippen LogP contribution in [0.5, 0.6) is 0 Å². The molecule has 0 saturated carbocycles. The molecule has 0 nitrogen and oxygen atoms in total. The third-order valence-electron chi connectivity index (χ3n) is 18.5. The number of hydrogen-bond donors (Lipinski definition) is 0. The van der Waals surface area contributed by atoms with E-state index in [1.54, 1.807) is 22.3 Å². The van der Waals surface area contributed by atoms with Crippen molar-refractivity contribution in [2.24, 2.45) is 0 Å². The van der Waals surface area contributed by atoms with Gasteiger partial charge in [0.1, 0.15) is 0 Å². The van der Waals surface area contributed by atoms with Gasteiger partial charge in [0.05, 0.1) is 0 Å². The van der Waals surface area contributed by atoms with Gasteiger partial charge in [0.25, 0.3) is 0 Å². The van der Waals surface area contributed by atoms with E-state index >= 15 is 0 Å². The van der Waals surface area contributed by atoms with Gasteiger partial charge in [0.2, 0.25) is 0 Å². The van der Waals surface area contributed by atoms with Crippen LogP contribution in [0.25, 0.3) is 83.5 Å². The monoisotopic (exact) mass is 940 g/mol. The van der Waals surface area contributed by atoms with Crippen LogP contribution in [-0.2, 0) is 51.4 Å². The van der Waals surface area contributed by atoms with Gasteiger partial charge in [-0.2, -0.15) is 0 Å². The highest BCUT2D eigenvalue weighted by molar-refractivity contribution is 5.92. The van der Waals surface area contributed by atoms with E-state index in [2.05, 4.69) is 194 Å². The number of benzene rings is 10. The highest BCUT2D eigenvalue weighted by Gasteiger charge is 2.32. The Bertz CT molecular complexity index is 4040. The Labute approximate surface area is 434 Å². The summed E-state index contributed by atoms with van der Waals surface area (Å²) in [6.07, 6.45) is 15.9. The lowest BCUT2D eigenvalue weighted by Crippen LogP contribution is -1.93. The molecule has 0 fully saturated rings. The average Bonchev–Trinajstić information content (AvgIpc) is 4.33. The van der Waals surface area contributed by atoms with Crippen molar-refractivity contribution in [3.8, 4) is 77.9 Å². The van der Waals surface area contributed by atoms with Crippen molar-refractivity contribution in [3.63, 3.8) is 0 Å². The molecule has 9 aliphatic rings. The Hall–Kier alpha value is -8.32. The second-order valence-corrected chi connectivity index (χ2v) is 22.4. The summed E-state index contributed by atoms with van der Waals surface area (Å²) in [6.45, 7) is 0. The second kappa shape index (κ2) is 15.6. The van der Waals surface area contributed by atoms with Crippen LogP contribution in [0.3, 0.4) is 0 Å². The van der Waals surface area contributed by atoms with Crippen molar-refractivity contribution >= 4 is 5.57 Å². The minimum Gasteiger partial charge on any atom is -0.0839 e. The molecule has 0 heteroatoms. The summed E-state index contributed by atoms with van der Waals surface area (Å²) in [4.78, 5) is 0. The molecule has 0 aliphatic heterocycles. The quantitative estimate of drug-likeness (QED) is 0.142. The fourth-order valence-electron chi connectivity index (χ4n) is 15.1. The maximum atomic E-state index is 2.48. The van der Waals surface area contributed by atoms with Gasteiger partial charge in [0, 0.05) is 0 Å². The van der Waals surface area contributed by atoms with E-state index in [9.17, 15) is 0 Å². The predicted octanol–water partition coefficient (Wildman–Crippen LogP) is 17.7. The van der Waals surface area contributed by atoms with E-state index in [-0.39, 0.29) is 0 Å². The minimum absolute atomic E-state index is 1.07. The van der Waals surface area contributed by atoms with E-state index in [0.717, 1.165) is 51.4 Å². The lowest BCUT2D eigenvalue weighted by Gasteiger charge is -2.10. The maximum absolute atomic E-state index is 2.48. The molecule has 19 rings (SSSR count).